The van der Waals surface area contributed by atoms with Gasteiger partial charge in [0.15, 0.2) is 0 Å². The van der Waals surface area contributed by atoms with Gasteiger partial charge in [0.2, 0.25) is 0 Å². The Morgan fingerprint density at radius 1 is 0.392 bits per heavy atom. The molecule has 0 bridgehead atoms. The van der Waals surface area contributed by atoms with Gasteiger partial charge >= 0.3 is 61.4 Å². The van der Waals surface area contributed by atoms with E-state index in [0.29, 0.717) is 77.6 Å². The molecule has 306 valence electrons. The minimum atomic E-state index is -2.88. The summed E-state index contributed by atoms with van der Waals surface area (Å²) < 4.78 is 84.2. The van der Waals surface area contributed by atoms with Gasteiger partial charge in [0.05, 0.1) is 0 Å². The molecule has 1 rings (SSSR count). The first kappa shape index (κ1) is 50.0. The minimum Gasteiger partial charge on any atom is -0.418 e. The Labute approximate surface area is 320 Å². The van der Waals surface area contributed by atoms with Gasteiger partial charge in [-0.15, -0.1) is 0 Å². The van der Waals surface area contributed by atoms with Gasteiger partial charge in [-0.1, -0.05) is 0 Å². The molecule has 0 aromatic heterocycles. The maximum Gasteiger partial charge on any atom is 0.500 e. The van der Waals surface area contributed by atoms with Crippen molar-refractivity contribution >= 4 is 61.4 Å². The summed E-state index contributed by atoms with van der Waals surface area (Å²) in [6, 6.07) is 4.37. The molecule has 51 heavy (non-hydrogen) atoms. The van der Waals surface area contributed by atoms with Crippen LogP contribution in [0.15, 0.2) is 0 Å². The Morgan fingerprint density at radius 2 is 0.608 bits per heavy atom. The number of rotatable bonds is 30. The van der Waals surface area contributed by atoms with Crippen molar-refractivity contribution < 1.29 is 56.3 Å². The van der Waals surface area contributed by atoms with Crippen molar-refractivity contribution in [3.05, 3.63) is 0 Å². The molecule has 2 unspecified atom stereocenters. The summed E-state index contributed by atoms with van der Waals surface area (Å²) in [4.78, 5) is 0. The molecule has 20 heteroatoms. The highest BCUT2D eigenvalue weighted by atomic mass is 28.5. The Kier molecular flexibility index (Phi) is 24.8. The molecule has 0 aromatic rings. The molecule has 13 nitrogen and oxygen atoms in total. The first-order valence-electron chi connectivity index (χ1n) is 19.7. The maximum atomic E-state index is 7.33. The smallest absolute Gasteiger partial charge is 0.418 e. The van der Waals surface area contributed by atoms with E-state index in [1.54, 1.807) is 0 Å². The molecule has 1 saturated heterocycles. The van der Waals surface area contributed by atoms with Crippen LogP contribution in [0.1, 0.15) is 81.6 Å². The third-order valence-electron chi connectivity index (χ3n) is 8.31. The highest BCUT2D eigenvalue weighted by molar-refractivity contribution is 6.90. The van der Waals surface area contributed by atoms with Crippen molar-refractivity contribution in [2.24, 2.45) is 0 Å². The quantitative estimate of drug-likeness (QED) is 0.0667. The van der Waals surface area contributed by atoms with E-state index in [9.17, 15) is 0 Å². The van der Waals surface area contributed by atoms with Gasteiger partial charge in [0, 0.05) is 77.6 Å². The largest absolute Gasteiger partial charge is 0.500 e. The zero-order chi connectivity index (χ0) is 38.5. The predicted molar refractivity (Wildman–Crippen MR) is 217 cm³/mol. The summed E-state index contributed by atoms with van der Waals surface area (Å²) in [7, 11) is -19.0. The van der Waals surface area contributed by atoms with Crippen molar-refractivity contribution in [2.75, 3.05) is 59.5 Å². The third kappa shape index (κ3) is 17.8. The number of hydrogen-bond donors (Lipinski definition) is 0. The molecule has 1 aliphatic heterocycles. The van der Waals surface area contributed by atoms with Crippen LogP contribution in [0.5, 0.6) is 0 Å². The molecular weight excluding hydrogens is 777 g/mol. The normalized spacial score (nSPS) is 25.2. The molecule has 0 aliphatic carbocycles. The van der Waals surface area contributed by atoms with Gasteiger partial charge in [0.1, 0.15) is 0 Å². The summed E-state index contributed by atoms with van der Waals surface area (Å²) in [6.45, 7) is 31.5. The van der Waals surface area contributed by atoms with Crippen molar-refractivity contribution in [2.45, 2.75) is 144 Å². The fraction of sp³-hybridized carbons (Fsp3) is 1.00. The van der Waals surface area contributed by atoms with Crippen LogP contribution in [0.4, 0.5) is 0 Å². The monoisotopic (exact) mass is 852 g/mol. The number of hydrogen-bond acceptors (Lipinski definition) is 13. The molecule has 1 aliphatic rings. The van der Waals surface area contributed by atoms with Crippen molar-refractivity contribution in [1.82, 2.24) is 0 Å². The SMILES string of the molecule is CCO[Si](CCC[Si]1(C)O[SiH](C)O[Si](C)(CCC[Si](OCC)(OCC)OCC)O[Si](C)(CCC[Si](OCC)(OCC)OCC)O1)(OCC)OCC. The van der Waals surface area contributed by atoms with E-state index >= 15 is 0 Å². The van der Waals surface area contributed by atoms with Gasteiger partial charge in [-0.3, -0.25) is 0 Å². The molecule has 0 aromatic carbocycles. The van der Waals surface area contributed by atoms with E-state index in [1.165, 1.54) is 0 Å². The summed E-state index contributed by atoms with van der Waals surface area (Å²) in [5, 5.41) is 0. The van der Waals surface area contributed by atoms with E-state index in [1.807, 2.05) is 62.3 Å². The standard InChI is InChI=1S/C31H76O13Si7/c1-14-32-49(33-15-2,34-16-3)29-23-26-46(11)41-45(10)42-47(12,27-24-30-50(35-17-4,36-18-5)37-19-6)44-48(13,43-46)28-25-31-51(38-20-7,39-21-8)40-22-9/h45H,14-31H2,1-13H3. The van der Waals surface area contributed by atoms with E-state index in [4.69, 9.17) is 56.3 Å². The van der Waals surface area contributed by atoms with Gasteiger partial charge in [0.25, 0.3) is 0 Å². The summed E-state index contributed by atoms with van der Waals surface area (Å²) in [5.41, 5.74) is 0. The molecule has 0 spiro atoms. The van der Waals surface area contributed by atoms with Crippen molar-refractivity contribution in [1.29, 1.82) is 0 Å². The molecular formula is C31H76O13Si7. The van der Waals surface area contributed by atoms with Gasteiger partial charge in [-0.2, -0.15) is 0 Å². The van der Waals surface area contributed by atoms with Gasteiger partial charge in [-0.25, -0.2) is 0 Å². The highest BCUT2D eigenvalue weighted by Crippen LogP contribution is 2.37. The average Bonchev–Trinajstić information content (AvgIpc) is 3.01. The maximum absolute atomic E-state index is 7.33. The lowest BCUT2D eigenvalue weighted by molar-refractivity contribution is 0.0702. The Morgan fingerprint density at radius 3 is 0.824 bits per heavy atom. The minimum absolute atomic E-state index is 0.542. The first-order chi connectivity index (χ1) is 24.2. The zero-order valence-electron chi connectivity index (χ0n) is 34.6. The van der Waals surface area contributed by atoms with Gasteiger partial charge < -0.3 is 56.3 Å². The van der Waals surface area contributed by atoms with Crippen LogP contribution in [0, 0.1) is 0 Å². The molecule has 0 N–H and O–H groups in total. The summed E-state index contributed by atoms with van der Waals surface area (Å²) in [6.07, 6.45) is 2.41. The Balaban J connectivity index is 3.38. The van der Waals surface area contributed by atoms with Crippen LogP contribution >= 0.6 is 0 Å². The lowest BCUT2D eigenvalue weighted by Gasteiger charge is -2.47. The molecule has 1 heterocycles. The fourth-order valence-electron chi connectivity index (χ4n) is 6.91. The highest BCUT2D eigenvalue weighted by Gasteiger charge is 2.53. The Bertz CT molecular complexity index is 817. The topological polar surface area (TPSA) is 120 Å². The molecule has 0 saturated carbocycles. The van der Waals surface area contributed by atoms with E-state index in [0.717, 1.165) is 37.4 Å². The second kappa shape index (κ2) is 25.3. The predicted octanol–water partition coefficient (Wildman–Crippen LogP) is 7.45. The third-order valence-corrected chi connectivity index (χ3v) is 35.1. The van der Waals surface area contributed by atoms with E-state index in [-0.39, 0.29) is 0 Å². The van der Waals surface area contributed by atoms with Crippen LogP contribution in [0.25, 0.3) is 0 Å². The summed E-state index contributed by atoms with van der Waals surface area (Å²) >= 11 is 0. The lowest BCUT2D eigenvalue weighted by Crippen LogP contribution is -2.63. The second-order valence-electron chi connectivity index (χ2n) is 12.9. The van der Waals surface area contributed by atoms with Crippen LogP contribution in [-0.2, 0) is 56.3 Å². The van der Waals surface area contributed by atoms with Crippen molar-refractivity contribution in [3.8, 4) is 0 Å². The van der Waals surface area contributed by atoms with E-state index < -0.39 is 61.4 Å². The Hall–Kier alpha value is 0.998. The fourth-order valence-corrected chi connectivity index (χ4v) is 36.2. The zero-order valence-corrected chi connectivity index (χ0v) is 41.8. The van der Waals surface area contributed by atoms with Crippen LogP contribution < -0.4 is 0 Å². The summed E-state index contributed by atoms with van der Waals surface area (Å²) in [5.74, 6) is 0. The molecule has 0 amide bonds. The van der Waals surface area contributed by atoms with Crippen LogP contribution in [0.3, 0.4) is 0 Å². The van der Waals surface area contributed by atoms with Gasteiger partial charge in [-0.05, 0) is 126 Å². The molecule has 0 radical (unpaired) electrons. The van der Waals surface area contributed by atoms with Crippen LogP contribution in [0.2, 0.25) is 62.5 Å². The average molecular weight is 854 g/mol. The second-order valence-corrected chi connectivity index (χ2v) is 34.1. The molecule has 2 atom stereocenters. The van der Waals surface area contributed by atoms with E-state index in [2.05, 4.69) is 26.2 Å². The molecule has 1 fully saturated rings. The first-order valence-corrected chi connectivity index (χ1v) is 35.2. The van der Waals surface area contributed by atoms with Crippen LogP contribution in [-0.4, -0.2) is 121 Å². The van der Waals surface area contributed by atoms with Crippen molar-refractivity contribution in [3.63, 3.8) is 0 Å². The lowest BCUT2D eigenvalue weighted by atomic mass is 10.6.